The van der Waals surface area contributed by atoms with E-state index >= 15 is 0 Å². The summed E-state index contributed by atoms with van der Waals surface area (Å²) in [6.45, 7) is 5.67. The fourth-order valence-corrected chi connectivity index (χ4v) is 2.51. The number of carboxylic acids is 2. The summed E-state index contributed by atoms with van der Waals surface area (Å²) < 4.78 is 0. The van der Waals surface area contributed by atoms with Crippen LogP contribution in [0.1, 0.15) is 51.6 Å². The van der Waals surface area contributed by atoms with E-state index in [1.54, 1.807) is 37.3 Å². The Hall–Kier alpha value is -2.62. The highest BCUT2D eigenvalue weighted by atomic mass is 16.4. The number of carbonyl (C=O) groups is 2. The molecule has 0 aliphatic heterocycles. The smallest absolute Gasteiger partial charge is 0.336 e. The van der Waals surface area contributed by atoms with E-state index in [2.05, 4.69) is 0 Å². The maximum absolute atomic E-state index is 11.6. The first kappa shape index (κ1) is 15.8. The first-order chi connectivity index (χ1) is 10.3. The summed E-state index contributed by atoms with van der Waals surface area (Å²) in [6.07, 6.45) is 0. The van der Waals surface area contributed by atoms with E-state index in [1.165, 1.54) is 0 Å². The maximum atomic E-state index is 11.6. The lowest BCUT2D eigenvalue weighted by atomic mass is 9.90. The van der Waals surface area contributed by atoms with Crippen LogP contribution in [0.2, 0.25) is 0 Å². The minimum Gasteiger partial charge on any atom is -0.478 e. The van der Waals surface area contributed by atoms with Gasteiger partial charge in [-0.2, -0.15) is 0 Å². The number of rotatable bonds is 4. The molecule has 0 spiro atoms. The molecule has 0 unspecified atom stereocenters. The summed E-state index contributed by atoms with van der Waals surface area (Å²) in [7, 11) is 0. The Bertz CT molecular complexity index is 745. The van der Waals surface area contributed by atoms with E-state index in [0.717, 1.165) is 5.56 Å². The van der Waals surface area contributed by atoms with Crippen LogP contribution in [-0.2, 0) is 0 Å². The van der Waals surface area contributed by atoms with Crippen LogP contribution >= 0.6 is 0 Å². The van der Waals surface area contributed by atoms with Gasteiger partial charge in [-0.1, -0.05) is 44.2 Å². The van der Waals surface area contributed by atoms with Gasteiger partial charge in [0.05, 0.1) is 11.1 Å². The van der Waals surface area contributed by atoms with Crippen LogP contribution in [0.3, 0.4) is 0 Å². The second kappa shape index (κ2) is 6.02. The van der Waals surface area contributed by atoms with Gasteiger partial charge in [-0.15, -0.1) is 0 Å². The zero-order chi connectivity index (χ0) is 16.4. The van der Waals surface area contributed by atoms with E-state index in [4.69, 9.17) is 0 Å². The molecule has 0 radical (unpaired) electrons. The zero-order valence-electron chi connectivity index (χ0n) is 12.8. The summed E-state index contributed by atoms with van der Waals surface area (Å²) in [5.41, 5.74) is 2.64. The van der Waals surface area contributed by atoms with E-state index in [-0.39, 0.29) is 17.0 Å². The molecule has 2 rings (SSSR count). The lowest BCUT2D eigenvalue weighted by Crippen LogP contribution is -2.07. The first-order valence-electron chi connectivity index (χ1n) is 7.03. The van der Waals surface area contributed by atoms with Crippen LogP contribution in [0.4, 0.5) is 0 Å². The monoisotopic (exact) mass is 298 g/mol. The molecule has 0 aliphatic rings. The van der Waals surface area contributed by atoms with Gasteiger partial charge >= 0.3 is 11.9 Å². The molecule has 2 aromatic carbocycles. The number of aryl methyl sites for hydroxylation is 1. The highest BCUT2D eigenvalue weighted by Crippen LogP contribution is 2.31. The van der Waals surface area contributed by atoms with Gasteiger partial charge in [0, 0.05) is 0 Å². The van der Waals surface area contributed by atoms with E-state index in [1.807, 2.05) is 19.9 Å². The van der Waals surface area contributed by atoms with Gasteiger partial charge in [0.25, 0.3) is 0 Å². The van der Waals surface area contributed by atoms with Crippen LogP contribution < -0.4 is 0 Å². The van der Waals surface area contributed by atoms with Crippen molar-refractivity contribution in [2.75, 3.05) is 0 Å². The van der Waals surface area contributed by atoms with E-state index < -0.39 is 11.9 Å². The lowest BCUT2D eigenvalue weighted by Gasteiger charge is -2.14. The maximum Gasteiger partial charge on any atom is 0.336 e. The van der Waals surface area contributed by atoms with Crippen LogP contribution in [0, 0.1) is 6.92 Å². The molecule has 2 aromatic rings. The second-order valence-electron chi connectivity index (χ2n) is 5.57. The molecule has 22 heavy (non-hydrogen) atoms. The molecule has 0 saturated carbocycles. The van der Waals surface area contributed by atoms with Crippen LogP contribution in [0.5, 0.6) is 0 Å². The van der Waals surface area contributed by atoms with Gasteiger partial charge in [0.15, 0.2) is 0 Å². The second-order valence-corrected chi connectivity index (χ2v) is 5.57. The van der Waals surface area contributed by atoms with Gasteiger partial charge < -0.3 is 10.2 Å². The van der Waals surface area contributed by atoms with Crippen molar-refractivity contribution < 1.29 is 19.8 Å². The molecule has 0 aromatic heterocycles. The number of hydrogen-bond donors (Lipinski definition) is 2. The van der Waals surface area contributed by atoms with Gasteiger partial charge in [-0.05, 0) is 41.2 Å². The Balaban J connectivity index is 2.76. The molecule has 0 aliphatic carbocycles. The molecule has 114 valence electrons. The fourth-order valence-electron chi connectivity index (χ4n) is 2.51. The third kappa shape index (κ3) is 2.86. The Morgan fingerprint density at radius 3 is 2.18 bits per heavy atom. The number of hydrogen-bond acceptors (Lipinski definition) is 2. The average molecular weight is 298 g/mol. The van der Waals surface area contributed by atoms with Gasteiger partial charge in [0.2, 0.25) is 0 Å². The van der Waals surface area contributed by atoms with Crippen molar-refractivity contribution in [2.24, 2.45) is 0 Å². The fraction of sp³-hybridized carbons (Fsp3) is 0.222. The van der Waals surface area contributed by atoms with Crippen molar-refractivity contribution >= 4 is 11.9 Å². The van der Waals surface area contributed by atoms with Crippen molar-refractivity contribution in [3.8, 4) is 11.1 Å². The highest BCUT2D eigenvalue weighted by Gasteiger charge is 2.20. The predicted octanol–water partition coefficient (Wildman–Crippen LogP) is 4.18. The number of aromatic carboxylic acids is 2. The van der Waals surface area contributed by atoms with Crippen molar-refractivity contribution in [3.05, 3.63) is 58.7 Å². The van der Waals surface area contributed by atoms with E-state index in [9.17, 15) is 19.8 Å². The molecule has 4 nitrogen and oxygen atoms in total. The topological polar surface area (TPSA) is 74.6 Å². The first-order valence-corrected chi connectivity index (χ1v) is 7.03. The SMILES string of the molecule is Cc1cccc(-c2ccc(C(C)C)cc2C(=O)O)c1C(=O)O. The zero-order valence-corrected chi connectivity index (χ0v) is 12.8. The molecular weight excluding hydrogens is 280 g/mol. The summed E-state index contributed by atoms with van der Waals surface area (Å²) in [5, 5.41) is 18.9. The van der Waals surface area contributed by atoms with Crippen molar-refractivity contribution in [2.45, 2.75) is 26.7 Å². The summed E-state index contributed by atoms with van der Waals surface area (Å²) >= 11 is 0. The molecule has 0 amide bonds. The molecule has 2 N–H and O–H groups in total. The Morgan fingerprint density at radius 2 is 1.64 bits per heavy atom. The average Bonchev–Trinajstić information content (AvgIpc) is 2.45. The minimum absolute atomic E-state index is 0.124. The molecule has 0 bridgehead atoms. The summed E-state index contributed by atoms with van der Waals surface area (Å²) in [4.78, 5) is 23.1. The Morgan fingerprint density at radius 1 is 0.955 bits per heavy atom. The molecule has 4 heteroatoms. The van der Waals surface area contributed by atoms with Crippen LogP contribution in [0.25, 0.3) is 11.1 Å². The lowest BCUT2D eigenvalue weighted by molar-refractivity contribution is 0.0684. The third-order valence-electron chi connectivity index (χ3n) is 3.72. The molecular formula is C18H18O4. The van der Waals surface area contributed by atoms with Crippen molar-refractivity contribution in [3.63, 3.8) is 0 Å². The van der Waals surface area contributed by atoms with Gasteiger partial charge in [-0.25, -0.2) is 9.59 Å². The molecule has 0 fully saturated rings. The molecule has 0 atom stereocenters. The summed E-state index contributed by atoms with van der Waals surface area (Å²) in [5.74, 6) is -1.92. The largest absolute Gasteiger partial charge is 0.478 e. The Kier molecular flexibility index (Phi) is 4.31. The Labute approximate surface area is 129 Å². The summed E-state index contributed by atoms with van der Waals surface area (Å²) in [6, 6.07) is 10.2. The number of carboxylic acid groups (broad SMARTS) is 2. The quantitative estimate of drug-likeness (QED) is 0.887. The van der Waals surface area contributed by atoms with Crippen LogP contribution in [-0.4, -0.2) is 22.2 Å². The standard InChI is InChI=1S/C18H18O4/c1-10(2)12-7-8-13(15(9-12)17(19)20)14-6-4-5-11(3)16(14)18(21)22/h4-10H,1-3H3,(H,19,20)(H,21,22). The van der Waals surface area contributed by atoms with Crippen molar-refractivity contribution in [1.29, 1.82) is 0 Å². The molecule has 0 saturated heterocycles. The van der Waals surface area contributed by atoms with E-state index in [0.29, 0.717) is 16.7 Å². The number of benzene rings is 2. The van der Waals surface area contributed by atoms with Crippen LogP contribution in [0.15, 0.2) is 36.4 Å². The normalized spacial score (nSPS) is 10.7. The van der Waals surface area contributed by atoms with Crippen molar-refractivity contribution in [1.82, 2.24) is 0 Å². The predicted molar refractivity (Wildman–Crippen MR) is 84.6 cm³/mol. The minimum atomic E-state index is -1.06. The van der Waals surface area contributed by atoms with Gasteiger partial charge in [-0.3, -0.25) is 0 Å². The third-order valence-corrected chi connectivity index (χ3v) is 3.72. The van der Waals surface area contributed by atoms with Gasteiger partial charge in [0.1, 0.15) is 0 Å². The molecule has 0 heterocycles. The highest BCUT2D eigenvalue weighted by molar-refractivity contribution is 6.03.